The molecule has 41 heavy (non-hydrogen) atoms. The fourth-order valence-electron chi connectivity index (χ4n) is 6.88. The number of nitrogens with one attached hydrogen (secondary N) is 1. The topological polar surface area (TPSA) is 79.2 Å². The zero-order valence-corrected chi connectivity index (χ0v) is 24.2. The van der Waals surface area contributed by atoms with Crippen molar-refractivity contribution >= 4 is 34.3 Å². The van der Waals surface area contributed by atoms with Gasteiger partial charge in [0.25, 0.3) is 5.91 Å². The van der Waals surface area contributed by atoms with Crippen LogP contribution in [0.25, 0.3) is 16.8 Å². The second-order valence-electron chi connectivity index (χ2n) is 11.9. The lowest BCUT2D eigenvalue weighted by Crippen LogP contribution is -2.40. The van der Waals surface area contributed by atoms with Crippen molar-refractivity contribution in [2.45, 2.75) is 46.1 Å². The first-order valence-electron chi connectivity index (χ1n) is 14.5. The van der Waals surface area contributed by atoms with Crippen LogP contribution < -0.4 is 15.0 Å². The van der Waals surface area contributed by atoms with Gasteiger partial charge in [0.05, 0.1) is 28.5 Å². The molecular formula is C33H35N5O3. The normalized spacial score (nSPS) is 24.7. The van der Waals surface area contributed by atoms with Crippen molar-refractivity contribution in [3.63, 3.8) is 0 Å². The number of anilines is 1. The van der Waals surface area contributed by atoms with E-state index in [-0.39, 0.29) is 17.7 Å². The minimum absolute atomic E-state index is 0.0603. The molecule has 1 fully saturated rings. The zero-order valence-electron chi connectivity index (χ0n) is 24.2. The van der Waals surface area contributed by atoms with E-state index < -0.39 is 11.5 Å². The molecule has 0 bridgehead atoms. The number of allylic oxidation sites excluding steroid dienone is 3. The van der Waals surface area contributed by atoms with Crippen molar-refractivity contribution in [1.29, 1.82) is 0 Å². The van der Waals surface area contributed by atoms with Crippen LogP contribution in [0, 0.1) is 11.3 Å². The van der Waals surface area contributed by atoms with Gasteiger partial charge in [-0.25, -0.2) is 4.98 Å². The molecule has 0 radical (unpaired) electrons. The average molecular weight is 550 g/mol. The molecule has 8 nitrogen and oxygen atoms in total. The maximum atomic E-state index is 14.5. The van der Waals surface area contributed by atoms with Gasteiger partial charge in [-0.2, -0.15) is 0 Å². The molecule has 3 unspecified atom stereocenters. The second-order valence-corrected chi connectivity index (χ2v) is 11.9. The first-order chi connectivity index (χ1) is 19.8. The van der Waals surface area contributed by atoms with Gasteiger partial charge in [-0.3, -0.25) is 14.0 Å². The summed E-state index contributed by atoms with van der Waals surface area (Å²) in [5.41, 5.74) is 4.66. The number of imidazole rings is 1. The van der Waals surface area contributed by atoms with Crippen LogP contribution in [0.5, 0.6) is 5.88 Å². The lowest BCUT2D eigenvalue weighted by Gasteiger charge is -2.28. The molecule has 1 aromatic carbocycles. The fourth-order valence-corrected chi connectivity index (χ4v) is 6.88. The Morgan fingerprint density at radius 2 is 1.93 bits per heavy atom. The number of aromatic nitrogens is 2. The van der Waals surface area contributed by atoms with Gasteiger partial charge in [0.1, 0.15) is 17.0 Å². The van der Waals surface area contributed by atoms with Gasteiger partial charge in [0.2, 0.25) is 11.8 Å². The van der Waals surface area contributed by atoms with Crippen molar-refractivity contribution < 1.29 is 14.3 Å². The third-order valence-electron chi connectivity index (χ3n) is 9.09. The van der Waals surface area contributed by atoms with E-state index in [0.29, 0.717) is 29.4 Å². The molecule has 5 heterocycles. The minimum atomic E-state index is -1.10. The summed E-state index contributed by atoms with van der Waals surface area (Å²) in [6.07, 6.45) is 6.85. The van der Waals surface area contributed by atoms with E-state index >= 15 is 0 Å². The number of rotatable bonds is 6. The first-order valence-corrected chi connectivity index (χ1v) is 14.5. The van der Waals surface area contributed by atoms with Crippen molar-refractivity contribution in [2.24, 2.45) is 11.3 Å². The van der Waals surface area contributed by atoms with Crippen LogP contribution in [0.1, 0.15) is 63.2 Å². The Balaban J connectivity index is 1.41. The molecule has 210 valence electrons. The third kappa shape index (κ3) is 3.49. The number of benzene rings is 1. The summed E-state index contributed by atoms with van der Waals surface area (Å²) in [4.78, 5) is 37.5. The Labute approximate surface area is 240 Å². The molecule has 3 aliphatic heterocycles. The fraction of sp³-hybridized carbons (Fsp3) is 0.364. The Kier molecular flexibility index (Phi) is 5.68. The molecule has 1 aliphatic carbocycles. The van der Waals surface area contributed by atoms with Gasteiger partial charge in [-0.05, 0) is 61.6 Å². The zero-order chi connectivity index (χ0) is 28.6. The SMILES string of the molecule is CCCCN1C(=O)C2(C)C(=C1c1ccc(N(C)C)cc1)C(=O)NC2c1nc2n3c(cccc13)OC1=C2C(C)CC=C1. The lowest BCUT2D eigenvalue weighted by molar-refractivity contribution is -0.134. The van der Waals surface area contributed by atoms with E-state index in [2.05, 4.69) is 25.2 Å². The molecule has 0 spiro atoms. The molecule has 7 rings (SSSR count). The molecule has 1 N–H and O–H groups in total. The summed E-state index contributed by atoms with van der Waals surface area (Å²) >= 11 is 0. The number of ether oxygens (including phenoxy) is 1. The third-order valence-corrected chi connectivity index (χ3v) is 9.09. The van der Waals surface area contributed by atoms with Crippen LogP contribution in [-0.4, -0.2) is 46.7 Å². The minimum Gasteiger partial charge on any atom is -0.440 e. The van der Waals surface area contributed by atoms with Crippen LogP contribution in [0.2, 0.25) is 0 Å². The number of carbonyl (C=O) groups excluding carboxylic acids is 2. The van der Waals surface area contributed by atoms with Gasteiger partial charge in [0.15, 0.2) is 0 Å². The summed E-state index contributed by atoms with van der Waals surface area (Å²) in [5, 5.41) is 3.20. The van der Waals surface area contributed by atoms with E-state index in [1.807, 2.05) is 83.8 Å². The number of hydrogen-bond donors (Lipinski definition) is 1. The maximum absolute atomic E-state index is 14.5. The van der Waals surface area contributed by atoms with Crippen LogP contribution in [-0.2, 0) is 9.59 Å². The quantitative estimate of drug-likeness (QED) is 0.450. The van der Waals surface area contributed by atoms with Crippen LogP contribution in [0.15, 0.2) is 65.9 Å². The van der Waals surface area contributed by atoms with Gasteiger partial charge in [-0.1, -0.05) is 44.5 Å². The van der Waals surface area contributed by atoms with Crippen molar-refractivity contribution in [3.05, 3.63) is 83.0 Å². The van der Waals surface area contributed by atoms with E-state index in [0.717, 1.165) is 53.2 Å². The van der Waals surface area contributed by atoms with Crippen LogP contribution >= 0.6 is 0 Å². The van der Waals surface area contributed by atoms with Crippen LogP contribution in [0.4, 0.5) is 5.69 Å². The molecule has 2 aromatic heterocycles. The molecule has 3 atom stereocenters. The number of hydrogen-bond acceptors (Lipinski definition) is 5. The first kappa shape index (κ1) is 25.6. The van der Waals surface area contributed by atoms with Crippen molar-refractivity contribution in [1.82, 2.24) is 19.6 Å². The van der Waals surface area contributed by atoms with Crippen LogP contribution in [0.3, 0.4) is 0 Å². The molecular weight excluding hydrogens is 514 g/mol. The lowest BCUT2D eigenvalue weighted by atomic mass is 9.77. The number of nitrogens with zero attached hydrogens (tertiary/aromatic N) is 4. The highest BCUT2D eigenvalue weighted by atomic mass is 16.5. The number of unbranched alkanes of at least 4 members (excludes halogenated alkanes) is 1. The summed E-state index contributed by atoms with van der Waals surface area (Å²) in [5.74, 6) is 2.29. The number of amides is 2. The van der Waals surface area contributed by atoms with E-state index in [9.17, 15) is 9.59 Å². The average Bonchev–Trinajstić information content (AvgIpc) is 3.54. The van der Waals surface area contributed by atoms with Crippen molar-refractivity contribution in [2.75, 3.05) is 25.5 Å². The standard InChI is InChI=1S/C33H35N5O3/c1-6-7-18-37-28(20-14-16-21(17-15-20)36(4)5)26-31(39)35-29(33(26,3)32(37)40)27-22-11-9-13-24-38(22)30(34-27)25-19(2)10-8-12-23(25)41-24/h8-9,11-17,19,29H,6-7,10,18H2,1-5H3,(H,35,39). The van der Waals surface area contributed by atoms with Gasteiger partial charge >= 0.3 is 0 Å². The number of fused-ring (bicyclic) bond motifs is 2. The predicted octanol–water partition coefficient (Wildman–Crippen LogP) is 5.33. The highest BCUT2D eigenvalue weighted by Gasteiger charge is 2.62. The van der Waals surface area contributed by atoms with E-state index in [4.69, 9.17) is 9.72 Å². The Morgan fingerprint density at radius 3 is 2.66 bits per heavy atom. The highest BCUT2D eigenvalue weighted by Crippen LogP contribution is 2.56. The highest BCUT2D eigenvalue weighted by molar-refractivity contribution is 6.18. The summed E-state index contributed by atoms with van der Waals surface area (Å²) < 4.78 is 8.35. The summed E-state index contributed by atoms with van der Waals surface area (Å²) in [7, 11) is 3.99. The summed E-state index contributed by atoms with van der Waals surface area (Å²) in [6.45, 7) is 6.76. The summed E-state index contributed by atoms with van der Waals surface area (Å²) in [6, 6.07) is 13.3. The Hall–Kier alpha value is -4.33. The monoisotopic (exact) mass is 549 g/mol. The maximum Gasteiger partial charge on any atom is 0.251 e. The molecule has 1 saturated heterocycles. The van der Waals surface area contributed by atoms with Gasteiger partial charge in [-0.15, -0.1) is 0 Å². The largest absolute Gasteiger partial charge is 0.440 e. The Bertz CT molecular complexity index is 1710. The van der Waals surface area contributed by atoms with Gasteiger partial charge in [0, 0.05) is 31.9 Å². The molecule has 2 amide bonds. The predicted molar refractivity (Wildman–Crippen MR) is 159 cm³/mol. The second kappa shape index (κ2) is 9.09. The molecule has 3 aromatic rings. The number of carbonyl (C=O) groups is 2. The van der Waals surface area contributed by atoms with Gasteiger partial charge < -0.3 is 19.9 Å². The van der Waals surface area contributed by atoms with Crippen molar-refractivity contribution in [3.8, 4) is 5.88 Å². The molecule has 4 aliphatic rings. The number of pyridine rings is 1. The molecule has 8 heteroatoms. The smallest absolute Gasteiger partial charge is 0.251 e. The van der Waals surface area contributed by atoms with E-state index in [1.54, 1.807) is 0 Å². The Morgan fingerprint density at radius 1 is 1.15 bits per heavy atom. The van der Waals surface area contributed by atoms with E-state index in [1.165, 1.54) is 0 Å². The molecule has 0 saturated carbocycles.